The van der Waals surface area contributed by atoms with Crippen LogP contribution in [0.25, 0.3) is 0 Å². The Bertz CT molecular complexity index is 1490. The number of nitro benzene ring substituents is 1. The number of non-ortho nitro benzene ring substituents is 1. The van der Waals surface area contributed by atoms with E-state index in [1.54, 1.807) is 60.4 Å². The average molecular weight is 530 g/mol. The molecule has 0 spiro atoms. The van der Waals surface area contributed by atoms with Crippen molar-refractivity contribution in [2.24, 2.45) is 5.92 Å². The highest BCUT2D eigenvalue weighted by Crippen LogP contribution is 2.47. The monoisotopic (exact) mass is 529 g/mol. The van der Waals surface area contributed by atoms with Crippen LogP contribution in [-0.4, -0.2) is 40.2 Å². The number of ether oxygens (including phenoxy) is 1. The van der Waals surface area contributed by atoms with Crippen LogP contribution in [0, 0.1) is 16.0 Å². The SMILES string of the molecule is C[C@H](/C=C/CCO)[C@@]1(O)C(=O)N(Cc2cccc(N3C(=O)COc4ccccc43)c2)c2ccc([N+](=O)[O-])cc21. The Morgan fingerprint density at radius 2 is 1.90 bits per heavy atom. The molecule has 3 aromatic rings. The summed E-state index contributed by atoms with van der Waals surface area (Å²) in [5.74, 6) is -0.992. The zero-order chi connectivity index (χ0) is 27.7. The zero-order valence-electron chi connectivity index (χ0n) is 21.2. The first-order valence-corrected chi connectivity index (χ1v) is 12.5. The fourth-order valence-electron chi connectivity index (χ4n) is 5.08. The topological polar surface area (TPSA) is 133 Å². The Labute approximate surface area is 224 Å². The molecular weight excluding hydrogens is 502 g/mol. The Morgan fingerprint density at radius 1 is 1.10 bits per heavy atom. The molecule has 5 rings (SSSR count). The molecule has 2 aliphatic heterocycles. The van der Waals surface area contributed by atoms with Crippen molar-refractivity contribution in [3.05, 3.63) is 100 Å². The summed E-state index contributed by atoms with van der Waals surface area (Å²) in [5.41, 5.74) is 0.141. The molecule has 10 nitrogen and oxygen atoms in total. The van der Waals surface area contributed by atoms with Gasteiger partial charge in [-0.05, 0) is 42.3 Å². The van der Waals surface area contributed by atoms with E-state index in [0.29, 0.717) is 34.8 Å². The summed E-state index contributed by atoms with van der Waals surface area (Å²) >= 11 is 0. The highest BCUT2D eigenvalue weighted by Gasteiger charge is 2.53. The number of anilines is 3. The molecular formula is C29H27N3O7. The van der Waals surface area contributed by atoms with Gasteiger partial charge in [0.05, 0.1) is 22.8 Å². The second-order valence-corrected chi connectivity index (χ2v) is 9.50. The second kappa shape index (κ2) is 10.3. The van der Waals surface area contributed by atoms with Crippen LogP contribution in [0.2, 0.25) is 0 Å². The third kappa shape index (κ3) is 4.53. The number of aliphatic hydroxyl groups is 2. The maximum atomic E-state index is 13.8. The lowest BCUT2D eigenvalue weighted by Crippen LogP contribution is -2.44. The maximum Gasteiger partial charge on any atom is 0.269 e. The summed E-state index contributed by atoms with van der Waals surface area (Å²) in [4.78, 5) is 40.5. The molecule has 0 radical (unpaired) electrons. The van der Waals surface area contributed by atoms with Crippen molar-refractivity contribution < 1.29 is 29.5 Å². The lowest BCUT2D eigenvalue weighted by atomic mass is 9.82. The number of amides is 2. The Hall–Kier alpha value is -4.54. The molecule has 2 heterocycles. The van der Waals surface area contributed by atoms with E-state index in [1.165, 1.54) is 23.1 Å². The summed E-state index contributed by atoms with van der Waals surface area (Å²) in [6, 6.07) is 18.4. The quantitative estimate of drug-likeness (QED) is 0.256. The van der Waals surface area contributed by atoms with Crippen LogP contribution in [0.3, 0.4) is 0 Å². The Balaban J connectivity index is 1.52. The minimum Gasteiger partial charge on any atom is -0.482 e. The molecule has 2 N–H and O–H groups in total. The van der Waals surface area contributed by atoms with E-state index in [-0.39, 0.29) is 36.9 Å². The second-order valence-electron chi connectivity index (χ2n) is 9.50. The van der Waals surface area contributed by atoms with E-state index in [1.807, 2.05) is 12.1 Å². The van der Waals surface area contributed by atoms with E-state index >= 15 is 0 Å². The van der Waals surface area contributed by atoms with Gasteiger partial charge in [0.2, 0.25) is 0 Å². The van der Waals surface area contributed by atoms with Gasteiger partial charge in [-0.2, -0.15) is 0 Å². The number of nitrogens with zero attached hydrogens (tertiary/aromatic N) is 3. The van der Waals surface area contributed by atoms with E-state index < -0.39 is 22.3 Å². The van der Waals surface area contributed by atoms with Crippen molar-refractivity contribution in [3.8, 4) is 5.75 Å². The van der Waals surface area contributed by atoms with Gasteiger partial charge in [-0.1, -0.05) is 43.3 Å². The third-order valence-corrected chi connectivity index (χ3v) is 7.06. The van der Waals surface area contributed by atoms with Gasteiger partial charge < -0.3 is 19.8 Å². The van der Waals surface area contributed by atoms with E-state index in [4.69, 9.17) is 9.84 Å². The number of rotatable bonds is 8. The number of carbonyl (C=O) groups is 2. The minimum atomic E-state index is -2.04. The van der Waals surface area contributed by atoms with Gasteiger partial charge in [0, 0.05) is 35.9 Å². The number of aliphatic hydroxyl groups excluding tert-OH is 1. The van der Waals surface area contributed by atoms with Crippen LogP contribution in [0.1, 0.15) is 24.5 Å². The molecule has 39 heavy (non-hydrogen) atoms. The highest BCUT2D eigenvalue weighted by atomic mass is 16.6. The summed E-state index contributed by atoms with van der Waals surface area (Å²) in [6.45, 7) is 1.52. The fraction of sp³-hybridized carbons (Fsp3) is 0.241. The lowest BCUT2D eigenvalue weighted by Gasteiger charge is -2.30. The number of carbonyl (C=O) groups excluding carboxylic acids is 2. The molecule has 0 aromatic heterocycles. The zero-order valence-corrected chi connectivity index (χ0v) is 21.2. The van der Waals surface area contributed by atoms with E-state index in [2.05, 4.69) is 0 Å². The van der Waals surface area contributed by atoms with Gasteiger partial charge in [0.25, 0.3) is 17.5 Å². The number of hydrogen-bond acceptors (Lipinski definition) is 7. The average Bonchev–Trinajstić information content (AvgIpc) is 3.15. The molecule has 0 saturated heterocycles. The lowest BCUT2D eigenvalue weighted by molar-refractivity contribution is -0.385. The van der Waals surface area contributed by atoms with Crippen molar-refractivity contribution in [1.29, 1.82) is 0 Å². The molecule has 0 saturated carbocycles. The smallest absolute Gasteiger partial charge is 0.269 e. The number of hydrogen-bond donors (Lipinski definition) is 2. The minimum absolute atomic E-state index is 0.0625. The van der Waals surface area contributed by atoms with Gasteiger partial charge in [0.1, 0.15) is 5.75 Å². The summed E-state index contributed by atoms with van der Waals surface area (Å²) in [5, 5.41) is 32.3. The predicted octanol–water partition coefficient (Wildman–Crippen LogP) is 3.96. The maximum absolute atomic E-state index is 13.8. The standard InChI is InChI=1S/C29H27N3O7/c1-19(7-4-5-14-33)29(36)23-16-22(32(37)38)12-13-24(23)30(28(29)35)17-20-8-6-9-21(15-20)31-25-10-2-3-11-26(25)39-18-27(31)34/h2-4,6-13,15-16,19,33,36H,5,14,17-18H2,1H3/b7-4+/t19-,29+/m1/s1. The van der Waals surface area contributed by atoms with Crippen LogP contribution in [0.5, 0.6) is 5.75 Å². The first-order valence-electron chi connectivity index (χ1n) is 12.5. The number of fused-ring (bicyclic) bond motifs is 2. The molecule has 200 valence electrons. The van der Waals surface area contributed by atoms with Gasteiger partial charge in [-0.3, -0.25) is 24.6 Å². The van der Waals surface area contributed by atoms with Crippen LogP contribution in [-0.2, 0) is 21.7 Å². The molecule has 0 unspecified atom stereocenters. The van der Waals surface area contributed by atoms with Crippen molar-refractivity contribution in [2.75, 3.05) is 23.0 Å². The molecule has 2 atom stereocenters. The fourth-order valence-corrected chi connectivity index (χ4v) is 5.08. The summed E-state index contributed by atoms with van der Waals surface area (Å²) in [7, 11) is 0. The van der Waals surface area contributed by atoms with Crippen molar-refractivity contribution in [3.63, 3.8) is 0 Å². The van der Waals surface area contributed by atoms with Crippen molar-refractivity contribution in [2.45, 2.75) is 25.5 Å². The van der Waals surface area contributed by atoms with E-state index in [0.717, 1.165) is 0 Å². The van der Waals surface area contributed by atoms with Gasteiger partial charge >= 0.3 is 0 Å². The van der Waals surface area contributed by atoms with Crippen LogP contribution >= 0.6 is 0 Å². The molecule has 0 aliphatic carbocycles. The van der Waals surface area contributed by atoms with Crippen LogP contribution in [0.4, 0.5) is 22.7 Å². The first-order chi connectivity index (χ1) is 18.8. The third-order valence-electron chi connectivity index (χ3n) is 7.06. The molecule has 2 aliphatic rings. The summed E-state index contributed by atoms with van der Waals surface area (Å²) < 4.78 is 5.55. The normalized spacial score (nSPS) is 19.2. The number of benzene rings is 3. The van der Waals surface area contributed by atoms with Crippen molar-refractivity contribution in [1.82, 2.24) is 0 Å². The van der Waals surface area contributed by atoms with E-state index in [9.17, 15) is 24.8 Å². The predicted molar refractivity (Wildman–Crippen MR) is 144 cm³/mol. The molecule has 10 heteroatoms. The molecule has 2 amide bonds. The summed E-state index contributed by atoms with van der Waals surface area (Å²) in [6.07, 6.45) is 3.63. The molecule has 0 fully saturated rings. The largest absolute Gasteiger partial charge is 0.482 e. The molecule has 0 bridgehead atoms. The number of nitro groups is 1. The highest BCUT2D eigenvalue weighted by molar-refractivity contribution is 6.07. The van der Waals surface area contributed by atoms with Gasteiger partial charge in [-0.15, -0.1) is 0 Å². The van der Waals surface area contributed by atoms with Crippen molar-refractivity contribution >= 4 is 34.6 Å². The molecule has 3 aromatic carbocycles. The van der Waals surface area contributed by atoms with Crippen LogP contribution in [0.15, 0.2) is 78.9 Å². The van der Waals surface area contributed by atoms with Gasteiger partial charge in [-0.25, -0.2) is 0 Å². The Kier molecular flexibility index (Phi) is 6.90. The number of para-hydroxylation sites is 2. The first kappa shape index (κ1) is 26.1. The van der Waals surface area contributed by atoms with Crippen LogP contribution < -0.4 is 14.5 Å². The Morgan fingerprint density at radius 3 is 2.67 bits per heavy atom. The van der Waals surface area contributed by atoms with Gasteiger partial charge in [0.15, 0.2) is 12.2 Å².